The Morgan fingerprint density at radius 1 is 1.04 bits per heavy atom. The Bertz CT molecular complexity index is 869. The fourth-order valence-electron chi connectivity index (χ4n) is 3.25. The molecule has 1 aromatic heterocycles. The van der Waals surface area contributed by atoms with Crippen molar-refractivity contribution in [2.24, 2.45) is 0 Å². The molecule has 5 heteroatoms. The van der Waals surface area contributed by atoms with Crippen LogP contribution in [-0.4, -0.2) is 23.4 Å². The molecule has 2 aromatic carbocycles. The molecule has 1 N–H and O–H groups in total. The number of nitrogens with one attached hydrogen (secondary N) is 1. The van der Waals surface area contributed by atoms with Gasteiger partial charge < -0.3 is 10.1 Å². The van der Waals surface area contributed by atoms with Crippen LogP contribution in [0.5, 0.6) is 5.75 Å². The molecule has 4 rings (SSSR count). The van der Waals surface area contributed by atoms with Crippen molar-refractivity contribution in [3.63, 3.8) is 0 Å². The van der Waals surface area contributed by atoms with E-state index in [0.29, 0.717) is 0 Å². The van der Waals surface area contributed by atoms with Crippen molar-refractivity contribution in [2.45, 2.75) is 19.3 Å². The Hall–Kier alpha value is -2.27. The molecule has 0 bridgehead atoms. The topological polar surface area (TPSA) is 39.1 Å². The molecule has 4 nitrogen and oxygen atoms in total. The molecule has 0 spiro atoms. The van der Waals surface area contributed by atoms with E-state index >= 15 is 0 Å². The van der Waals surface area contributed by atoms with E-state index < -0.39 is 0 Å². The number of halogens is 1. The Kier molecular flexibility index (Phi) is 4.49. The second kappa shape index (κ2) is 6.92. The van der Waals surface area contributed by atoms with Crippen LogP contribution in [0.25, 0.3) is 16.9 Å². The largest absolute Gasteiger partial charge is 0.497 e. The van der Waals surface area contributed by atoms with Crippen molar-refractivity contribution >= 4 is 21.7 Å². The number of aromatic nitrogens is 2. The minimum Gasteiger partial charge on any atom is -0.497 e. The maximum absolute atomic E-state index is 5.27. The standard InChI is InChI=1S/C20H20BrN3O/c1-25-17-11-9-16(10-12-17)24-20-18(4-2-3-13-22-20)19(23-24)14-5-7-15(21)8-6-14/h5-12,22H,2-4,13H2,1H3. The molecule has 25 heavy (non-hydrogen) atoms. The van der Waals surface area contributed by atoms with Gasteiger partial charge in [0.2, 0.25) is 0 Å². The maximum atomic E-state index is 5.27. The number of benzene rings is 2. The van der Waals surface area contributed by atoms with Gasteiger partial charge in [0, 0.05) is 22.1 Å². The Morgan fingerprint density at radius 2 is 1.80 bits per heavy atom. The number of hydrogen-bond acceptors (Lipinski definition) is 3. The number of hydrogen-bond donors (Lipinski definition) is 1. The van der Waals surface area contributed by atoms with Crippen LogP contribution in [0.15, 0.2) is 53.0 Å². The van der Waals surface area contributed by atoms with Gasteiger partial charge in [0.1, 0.15) is 11.6 Å². The zero-order chi connectivity index (χ0) is 17.2. The second-order valence-electron chi connectivity index (χ2n) is 6.18. The van der Waals surface area contributed by atoms with Crippen LogP contribution < -0.4 is 10.1 Å². The molecule has 1 aliphatic heterocycles. The Morgan fingerprint density at radius 3 is 2.52 bits per heavy atom. The van der Waals surface area contributed by atoms with E-state index in [4.69, 9.17) is 9.84 Å². The zero-order valence-corrected chi connectivity index (χ0v) is 15.7. The number of rotatable bonds is 3. The van der Waals surface area contributed by atoms with Crippen molar-refractivity contribution in [2.75, 3.05) is 19.0 Å². The third kappa shape index (κ3) is 3.16. The highest BCUT2D eigenvalue weighted by molar-refractivity contribution is 9.10. The van der Waals surface area contributed by atoms with Gasteiger partial charge in [-0.25, -0.2) is 4.68 Å². The van der Waals surface area contributed by atoms with Gasteiger partial charge in [-0.3, -0.25) is 0 Å². The first-order chi connectivity index (χ1) is 12.3. The van der Waals surface area contributed by atoms with Gasteiger partial charge >= 0.3 is 0 Å². The van der Waals surface area contributed by atoms with Gasteiger partial charge in [0.05, 0.1) is 18.5 Å². The predicted molar refractivity (Wildman–Crippen MR) is 105 cm³/mol. The van der Waals surface area contributed by atoms with Gasteiger partial charge in [0.25, 0.3) is 0 Å². The summed E-state index contributed by atoms with van der Waals surface area (Å²) in [6.45, 7) is 0.981. The lowest BCUT2D eigenvalue weighted by molar-refractivity contribution is 0.414. The molecule has 2 heterocycles. The average Bonchev–Trinajstić information content (AvgIpc) is 2.84. The van der Waals surface area contributed by atoms with E-state index in [1.165, 1.54) is 18.4 Å². The van der Waals surface area contributed by atoms with Crippen LogP contribution in [-0.2, 0) is 6.42 Å². The van der Waals surface area contributed by atoms with Gasteiger partial charge in [-0.05, 0) is 55.7 Å². The van der Waals surface area contributed by atoms with E-state index in [0.717, 1.165) is 46.0 Å². The highest BCUT2D eigenvalue weighted by Crippen LogP contribution is 2.34. The summed E-state index contributed by atoms with van der Waals surface area (Å²) in [5, 5.41) is 8.54. The lowest BCUT2D eigenvalue weighted by Gasteiger charge is -2.09. The highest BCUT2D eigenvalue weighted by Gasteiger charge is 2.21. The molecule has 0 saturated carbocycles. The predicted octanol–water partition coefficient (Wildman–Crippen LogP) is 5.06. The summed E-state index contributed by atoms with van der Waals surface area (Å²) in [7, 11) is 1.68. The number of anilines is 1. The van der Waals surface area contributed by atoms with Crippen molar-refractivity contribution < 1.29 is 4.74 Å². The van der Waals surface area contributed by atoms with Gasteiger partial charge in [0.15, 0.2) is 0 Å². The van der Waals surface area contributed by atoms with E-state index in [9.17, 15) is 0 Å². The van der Waals surface area contributed by atoms with Crippen LogP contribution in [0, 0.1) is 0 Å². The van der Waals surface area contributed by atoms with Crippen LogP contribution in [0.3, 0.4) is 0 Å². The summed E-state index contributed by atoms with van der Waals surface area (Å²) in [5.41, 5.74) is 4.55. The summed E-state index contributed by atoms with van der Waals surface area (Å²) < 4.78 is 8.38. The van der Waals surface area contributed by atoms with Crippen molar-refractivity contribution in [3.05, 3.63) is 58.6 Å². The lowest BCUT2D eigenvalue weighted by atomic mass is 10.0. The molecule has 0 atom stereocenters. The quantitative estimate of drug-likeness (QED) is 0.671. The van der Waals surface area contributed by atoms with Crippen molar-refractivity contribution in [1.29, 1.82) is 0 Å². The van der Waals surface area contributed by atoms with Crippen LogP contribution >= 0.6 is 15.9 Å². The molecule has 0 aliphatic carbocycles. The van der Waals surface area contributed by atoms with Crippen molar-refractivity contribution in [3.8, 4) is 22.7 Å². The first kappa shape index (κ1) is 16.2. The monoisotopic (exact) mass is 397 g/mol. The molecule has 0 saturated heterocycles. The number of ether oxygens (including phenoxy) is 1. The summed E-state index contributed by atoms with van der Waals surface area (Å²) in [5.74, 6) is 1.96. The highest BCUT2D eigenvalue weighted by atomic mass is 79.9. The van der Waals surface area contributed by atoms with E-state index in [1.807, 2.05) is 28.9 Å². The van der Waals surface area contributed by atoms with E-state index in [1.54, 1.807) is 7.11 Å². The molecule has 0 unspecified atom stereocenters. The molecular formula is C20H20BrN3O. The van der Waals surface area contributed by atoms with E-state index in [-0.39, 0.29) is 0 Å². The molecule has 1 aliphatic rings. The third-order valence-corrected chi connectivity index (χ3v) is 5.09. The van der Waals surface area contributed by atoms with Gasteiger partial charge in [-0.1, -0.05) is 28.1 Å². The van der Waals surface area contributed by atoms with E-state index in [2.05, 4.69) is 45.5 Å². The summed E-state index contributed by atoms with van der Waals surface area (Å²) in [6.07, 6.45) is 3.40. The van der Waals surface area contributed by atoms with Crippen LogP contribution in [0.4, 0.5) is 5.82 Å². The number of nitrogens with zero attached hydrogens (tertiary/aromatic N) is 2. The Labute approximate surface area is 156 Å². The summed E-state index contributed by atoms with van der Waals surface area (Å²) >= 11 is 3.51. The number of methoxy groups -OCH3 is 1. The minimum atomic E-state index is 0.850. The molecule has 3 aromatic rings. The van der Waals surface area contributed by atoms with Gasteiger partial charge in [-0.15, -0.1) is 0 Å². The first-order valence-corrected chi connectivity index (χ1v) is 9.32. The maximum Gasteiger partial charge on any atom is 0.133 e. The molecule has 0 amide bonds. The van der Waals surface area contributed by atoms with Gasteiger partial charge in [-0.2, -0.15) is 5.10 Å². The zero-order valence-electron chi connectivity index (χ0n) is 14.1. The third-order valence-electron chi connectivity index (χ3n) is 4.56. The minimum absolute atomic E-state index is 0.850. The smallest absolute Gasteiger partial charge is 0.133 e. The molecule has 128 valence electrons. The van der Waals surface area contributed by atoms with Crippen molar-refractivity contribution in [1.82, 2.24) is 9.78 Å². The average molecular weight is 398 g/mol. The SMILES string of the molecule is COc1ccc(-n2nc(-c3ccc(Br)cc3)c3c2NCCCC3)cc1. The van der Waals surface area contributed by atoms with Crippen LogP contribution in [0.2, 0.25) is 0 Å². The molecular weight excluding hydrogens is 378 g/mol. The summed E-state index contributed by atoms with van der Waals surface area (Å²) in [4.78, 5) is 0. The fourth-order valence-corrected chi connectivity index (χ4v) is 3.52. The lowest BCUT2D eigenvalue weighted by Crippen LogP contribution is -2.07. The fraction of sp³-hybridized carbons (Fsp3) is 0.250. The molecule has 0 fully saturated rings. The summed E-state index contributed by atoms with van der Waals surface area (Å²) in [6, 6.07) is 16.4. The van der Waals surface area contributed by atoms with Crippen LogP contribution in [0.1, 0.15) is 18.4 Å². The molecule has 0 radical (unpaired) electrons. The second-order valence-corrected chi connectivity index (χ2v) is 7.09. The normalized spacial score (nSPS) is 13.7. The number of fused-ring (bicyclic) bond motifs is 1. The first-order valence-electron chi connectivity index (χ1n) is 8.52. The Balaban J connectivity index is 1.85.